The zero-order valence-corrected chi connectivity index (χ0v) is 10.5. The maximum Gasteiger partial charge on any atom is 0.255 e. The van der Waals surface area contributed by atoms with Crippen LogP contribution in [-0.2, 0) is 0 Å². The highest BCUT2D eigenvalue weighted by atomic mass is 16.2. The molecular formula is C13H19N3O. The maximum absolute atomic E-state index is 12.3. The van der Waals surface area contributed by atoms with Gasteiger partial charge in [0, 0.05) is 38.1 Å². The van der Waals surface area contributed by atoms with Gasteiger partial charge in [-0.3, -0.25) is 9.78 Å². The summed E-state index contributed by atoms with van der Waals surface area (Å²) < 4.78 is 0. The van der Waals surface area contributed by atoms with Crippen LogP contribution in [0.2, 0.25) is 0 Å². The summed E-state index contributed by atoms with van der Waals surface area (Å²) >= 11 is 0. The van der Waals surface area contributed by atoms with Crippen molar-refractivity contribution in [2.75, 3.05) is 32.7 Å². The first-order valence-corrected chi connectivity index (χ1v) is 6.15. The molecule has 92 valence electrons. The van der Waals surface area contributed by atoms with Gasteiger partial charge in [0.2, 0.25) is 0 Å². The van der Waals surface area contributed by atoms with E-state index in [4.69, 9.17) is 0 Å². The molecule has 0 saturated carbocycles. The van der Waals surface area contributed by atoms with Gasteiger partial charge in [-0.15, -0.1) is 0 Å². The number of carbonyl (C=O) groups is 1. The average Bonchev–Trinajstić information content (AvgIpc) is 2.39. The number of pyridine rings is 1. The molecule has 1 saturated heterocycles. The van der Waals surface area contributed by atoms with Crippen LogP contribution in [0.25, 0.3) is 0 Å². The number of piperazine rings is 1. The summed E-state index contributed by atoms with van der Waals surface area (Å²) in [5.74, 6) is 0.117. The lowest BCUT2D eigenvalue weighted by Gasteiger charge is -2.34. The lowest BCUT2D eigenvalue weighted by Crippen LogP contribution is -2.48. The van der Waals surface area contributed by atoms with Crippen LogP contribution in [0.4, 0.5) is 0 Å². The molecule has 1 amide bonds. The third kappa shape index (κ3) is 2.64. The van der Waals surface area contributed by atoms with Gasteiger partial charge in [-0.25, -0.2) is 0 Å². The molecule has 0 spiro atoms. The molecule has 2 heterocycles. The maximum atomic E-state index is 12.3. The number of nitrogens with zero attached hydrogens (tertiary/aromatic N) is 3. The fraction of sp³-hybridized carbons (Fsp3) is 0.538. The van der Waals surface area contributed by atoms with Gasteiger partial charge in [0.15, 0.2) is 0 Å². The van der Waals surface area contributed by atoms with Crippen LogP contribution in [0, 0.1) is 6.92 Å². The van der Waals surface area contributed by atoms with Crippen molar-refractivity contribution in [1.82, 2.24) is 14.8 Å². The third-order valence-electron chi connectivity index (χ3n) is 3.34. The number of likely N-dealkylation sites (N-methyl/N-ethyl adjacent to an activating group) is 1. The smallest absolute Gasteiger partial charge is 0.255 e. The van der Waals surface area contributed by atoms with Gasteiger partial charge < -0.3 is 9.80 Å². The molecule has 0 aromatic carbocycles. The SMILES string of the molecule is CCN1CCN(C(=O)c2cccnc2C)CC1. The van der Waals surface area contributed by atoms with E-state index in [0.29, 0.717) is 0 Å². The molecule has 1 aliphatic heterocycles. The predicted molar refractivity (Wildman–Crippen MR) is 67.0 cm³/mol. The second-order valence-electron chi connectivity index (χ2n) is 4.36. The Morgan fingerprint density at radius 2 is 2.06 bits per heavy atom. The van der Waals surface area contributed by atoms with E-state index in [0.717, 1.165) is 44.0 Å². The molecule has 1 aromatic rings. The van der Waals surface area contributed by atoms with Crippen molar-refractivity contribution in [2.24, 2.45) is 0 Å². The topological polar surface area (TPSA) is 36.4 Å². The van der Waals surface area contributed by atoms with Crippen LogP contribution in [-0.4, -0.2) is 53.4 Å². The Morgan fingerprint density at radius 3 is 2.65 bits per heavy atom. The molecule has 0 unspecified atom stereocenters. The molecule has 4 nitrogen and oxygen atoms in total. The number of carbonyl (C=O) groups excluding carboxylic acids is 1. The standard InChI is InChI=1S/C13H19N3O/c1-3-15-7-9-16(10-8-15)13(17)12-5-4-6-14-11(12)2/h4-6H,3,7-10H2,1-2H3. The van der Waals surface area contributed by atoms with Crippen molar-refractivity contribution < 1.29 is 4.79 Å². The average molecular weight is 233 g/mol. The highest BCUT2D eigenvalue weighted by Gasteiger charge is 2.22. The van der Waals surface area contributed by atoms with Crippen molar-refractivity contribution >= 4 is 5.91 Å². The van der Waals surface area contributed by atoms with Gasteiger partial charge >= 0.3 is 0 Å². The van der Waals surface area contributed by atoms with E-state index in [2.05, 4.69) is 16.8 Å². The zero-order valence-electron chi connectivity index (χ0n) is 10.5. The van der Waals surface area contributed by atoms with Crippen molar-refractivity contribution in [2.45, 2.75) is 13.8 Å². The zero-order chi connectivity index (χ0) is 12.3. The van der Waals surface area contributed by atoms with Crippen LogP contribution in [0.3, 0.4) is 0 Å². The highest BCUT2D eigenvalue weighted by molar-refractivity contribution is 5.95. The minimum Gasteiger partial charge on any atom is -0.336 e. The lowest BCUT2D eigenvalue weighted by molar-refractivity contribution is 0.0642. The quantitative estimate of drug-likeness (QED) is 0.769. The van der Waals surface area contributed by atoms with Crippen LogP contribution >= 0.6 is 0 Å². The Labute approximate surface area is 102 Å². The minimum atomic E-state index is 0.117. The van der Waals surface area contributed by atoms with Crippen molar-refractivity contribution in [3.8, 4) is 0 Å². The molecular weight excluding hydrogens is 214 g/mol. The van der Waals surface area contributed by atoms with Crippen LogP contribution in [0.15, 0.2) is 18.3 Å². The van der Waals surface area contributed by atoms with E-state index >= 15 is 0 Å². The Bertz CT molecular complexity index is 397. The second kappa shape index (κ2) is 5.27. The van der Waals surface area contributed by atoms with Gasteiger partial charge in [-0.1, -0.05) is 6.92 Å². The summed E-state index contributed by atoms with van der Waals surface area (Å²) in [4.78, 5) is 20.7. The lowest BCUT2D eigenvalue weighted by atomic mass is 10.1. The minimum absolute atomic E-state index is 0.117. The summed E-state index contributed by atoms with van der Waals surface area (Å²) in [5.41, 5.74) is 1.55. The van der Waals surface area contributed by atoms with Crippen LogP contribution in [0.1, 0.15) is 23.0 Å². The van der Waals surface area contributed by atoms with Gasteiger partial charge in [0.05, 0.1) is 5.56 Å². The molecule has 0 radical (unpaired) electrons. The number of aryl methyl sites for hydroxylation is 1. The summed E-state index contributed by atoms with van der Waals surface area (Å²) in [6.07, 6.45) is 1.72. The first-order chi connectivity index (χ1) is 8.22. The van der Waals surface area contributed by atoms with E-state index in [1.807, 2.05) is 24.0 Å². The van der Waals surface area contributed by atoms with E-state index in [-0.39, 0.29) is 5.91 Å². The van der Waals surface area contributed by atoms with Crippen molar-refractivity contribution in [1.29, 1.82) is 0 Å². The van der Waals surface area contributed by atoms with E-state index in [1.165, 1.54) is 0 Å². The van der Waals surface area contributed by atoms with Gasteiger partial charge in [-0.2, -0.15) is 0 Å². The number of hydrogen-bond donors (Lipinski definition) is 0. The molecule has 0 atom stereocenters. The van der Waals surface area contributed by atoms with E-state index in [9.17, 15) is 4.79 Å². The monoisotopic (exact) mass is 233 g/mol. The fourth-order valence-electron chi connectivity index (χ4n) is 2.15. The third-order valence-corrected chi connectivity index (χ3v) is 3.34. The molecule has 0 N–H and O–H groups in total. The van der Waals surface area contributed by atoms with Gasteiger partial charge in [-0.05, 0) is 25.6 Å². The molecule has 0 bridgehead atoms. The normalized spacial score (nSPS) is 17.2. The number of hydrogen-bond acceptors (Lipinski definition) is 3. The molecule has 1 aliphatic rings. The molecule has 0 aliphatic carbocycles. The van der Waals surface area contributed by atoms with E-state index < -0.39 is 0 Å². The first kappa shape index (κ1) is 12.0. The van der Waals surface area contributed by atoms with Crippen molar-refractivity contribution in [3.63, 3.8) is 0 Å². The summed E-state index contributed by atoms with van der Waals surface area (Å²) in [5, 5.41) is 0. The van der Waals surface area contributed by atoms with Crippen LogP contribution in [0.5, 0.6) is 0 Å². The number of amides is 1. The molecule has 1 aromatic heterocycles. The number of aromatic nitrogens is 1. The largest absolute Gasteiger partial charge is 0.336 e. The molecule has 17 heavy (non-hydrogen) atoms. The predicted octanol–water partition coefficient (Wildman–Crippen LogP) is 1.17. The van der Waals surface area contributed by atoms with Crippen LogP contribution < -0.4 is 0 Å². The summed E-state index contributed by atoms with van der Waals surface area (Å²) in [7, 11) is 0. The van der Waals surface area contributed by atoms with Gasteiger partial charge in [0.1, 0.15) is 0 Å². The Balaban J connectivity index is 2.04. The highest BCUT2D eigenvalue weighted by Crippen LogP contribution is 2.10. The Hall–Kier alpha value is -1.42. The summed E-state index contributed by atoms with van der Waals surface area (Å²) in [6.45, 7) is 8.69. The van der Waals surface area contributed by atoms with Crippen molar-refractivity contribution in [3.05, 3.63) is 29.6 Å². The molecule has 2 rings (SSSR count). The molecule has 4 heteroatoms. The number of rotatable bonds is 2. The second-order valence-corrected chi connectivity index (χ2v) is 4.36. The Kier molecular flexibility index (Phi) is 3.74. The summed E-state index contributed by atoms with van der Waals surface area (Å²) in [6, 6.07) is 3.68. The first-order valence-electron chi connectivity index (χ1n) is 6.15. The van der Waals surface area contributed by atoms with Gasteiger partial charge in [0.25, 0.3) is 5.91 Å². The fourth-order valence-corrected chi connectivity index (χ4v) is 2.15. The Morgan fingerprint density at radius 1 is 1.35 bits per heavy atom. The van der Waals surface area contributed by atoms with E-state index in [1.54, 1.807) is 6.20 Å². The molecule has 1 fully saturated rings.